The Morgan fingerprint density at radius 2 is 1.56 bits per heavy atom. The van der Waals surface area contributed by atoms with Crippen molar-refractivity contribution >= 4 is 25.0 Å². The number of hydrogen-bond acceptors (Lipinski definition) is 3. The Morgan fingerprint density at radius 1 is 1.00 bits per heavy atom. The molecule has 0 radical (unpaired) electrons. The van der Waals surface area contributed by atoms with Gasteiger partial charge in [-0.3, -0.25) is 4.98 Å². The second kappa shape index (κ2) is 7.11. The lowest BCUT2D eigenvalue weighted by Gasteiger charge is -2.32. The molecule has 0 atom stereocenters. The summed E-state index contributed by atoms with van der Waals surface area (Å²) in [6, 6.07) is 7.23. The van der Waals surface area contributed by atoms with Gasteiger partial charge in [-0.1, -0.05) is 24.3 Å². The fourth-order valence-corrected chi connectivity index (χ4v) is 2.92. The van der Waals surface area contributed by atoms with Crippen molar-refractivity contribution in [1.82, 2.24) is 4.98 Å². The summed E-state index contributed by atoms with van der Waals surface area (Å²) in [4.78, 5) is 4.30. The molecule has 0 N–H and O–H groups in total. The third-order valence-electron chi connectivity index (χ3n) is 5.11. The molecular formula is C19H22BClF3NO2. The number of halogens is 4. The molecule has 0 aliphatic carbocycles. The fourth-order valence-electron chi connectivity index (χ4n) is 2.92. The minimum atomic E-state index is -4.44. The topological polar surface area (TPSA) is 31.4 Å². The van der Waals surface area contributed by atoms with E-state index in [1.54, 1.807) is 19.1 Å². The highest BCUT2D eigenvalue weighted by Gasteiger charge is 2.51. The summed E-state index contributed by atoms with van der Waals surface area (Å²) >= 11 is 0. The Bertz CT molecular complexity index is 824. The van der Waals surface area contributed by atoms with Crippen LogP contribution in [0.5, 0.6) is 0 Å². The van der Waals surface area contributed by atoms with Crippen molar-refractivity contribution in [1.29, 1.82) is 0 Å². The molecule has 3 nitrogen and oxygen atoms in total. The van der Waals surface area contributed by atoms with Crippen LogP contribution in [0.1, 0.15) is 38.8 Å². The molecule has 0 bridgehead atoms. The zero-order valence-corrected chi connectivity index (χ0v) is 16.7. The first kappa shape index (κ1) is 21.7. The number of rotatable bonds is 2. The SMILES string of the molecule is Cc1cc(B2OC(C)(C)C(C)(C)O2)cnc1-c1ccccc1C(F)(F)F.Cl. The highest BCUT2D eigenvalue weighted by molar-refractivity contribution is 6.62. The summed E-state index contributed by atoms with van der Waals surface area (Å²) in [5, 5.41) is 0. The molecule has 3 rings (SSSR count). The normalized spacial score (nSPS) is 18.3. The molecule has 0 amide bonds. The van der Waals surface area contributed by atoms with Crippen LogP contribution >= 0.6 is 12.4 Å². The summed E-state index contributed by atoms with van der Waals surface area (Å²) in [5.41, 5.74) is 0.0127. The minimum Gasteiger partial charge on any atom is -0.399 e. The van der Waals surface area contributed by atoms with Crippen LogP contribution in [0.25, 0.3) is 11.3 Å². The molecule has 146 valence electrons. The summed E-state index contributed by atoms with van der Waals surface area (Å²) in [6.45, 7) is 9.52. The average molecular weight is 400 g/mol. The number of alkyl halides is 3. The predicted octanol–water partition coefficient (Wildman–Crippen LogP) is 4.80. The molecule has 2 heterocycles. The fraction of sp³-hybridized carbons (Fsp3) is 0.421. The molecule has 1 aromatic carbocycles. The van der Waals surface area contributed by atoms with E-state index in [9.17, 15) is 13.2 Å². The maximum atomic E-state index is 13.3. The van der Waals surface area contributed by atoms with E-state index in [4.69, 9.17) is 9.31 Å². The molecule has 1 saturated heterocycles. The highest BCUT2D eigenvalue weighted by atomic mass is 35.5. The lowest BCUT2D eigenvalue weighted by molar-refractivity contribution is -0.137. The largest absolute Gasteiger partial charge is 0.496 e. The van der Waals surface area contributed by atoms with E-state index in [2.05, 4.69) is 4.98 Å². The first-order valence-corrected chi connectivity index (χ1v) is 8.41. The molecule has 1 aliphatic heterocycles. The van der Waals surface area contributed by atoms with Crippen LogP contribution < -0.4 is 5.46 Å². The lowest BCUT2D eigenvalue weighted by Crippen LogP contribution is -2.41. The number of aromatic nitrogens is 1. The van der Waals surface area contributed by atoms with E-state index in [0.29, 0.717) is 16.7 Å². The predicted molar refractivity (Wildman–Crippen MR) is 102 cm³/mol. The molecule has 1 aliphatic rings. The van der Waals surface area contributed by atoms with Crippen molar-refractivity contribution in [3.8, 4) is 11.3 Å². The Hall–Kier alpha value is -1.57. The number of hydrogen-bond donors (Lipinski definition) is 0. The molecular weight excluding hydrogens is 377 g/mol. The Balaban J connectivity index is 0.00000261. The summed E-state index contributed by atoms with van der Waals surface area (Å²) in [5.74, 6) is 0. The van der Waals surface area contributed by atoms with Gasteiger partial charge in [-0.15, -0.1) is 12.4 Å². The van der Waals surface area contributed by atoms with Crippen LogP contribution in [0.2, 0.25) is 0 Å². The van der Waals surface area contributed by atoms with Gasteiger partial charge in [0.1, 0.15) is 0 Å². The van der Waals surface area contributed by atoms with Gasteiger partial charge < -0.3 is 9.31 Å². The van der Waals surface area contributed by atoms with Gasteiger partial charge in [-0.2, -0.15) is 13.2 Å². The van der Waals surface area contributed by atoms with Gasteiger partial charge in [0.15, 0.2) is 0 Å². The molecule has 0 spiro atoms. The van der Waals surface area contributed by atoms with Gasteiger partial charge in [0.05, 0.1) is 22.5 Å². The van der Waals surface area contributed by atoms with Crippen molar-refractivity contribution in [2.75, 3.05) is 0 Å². The maximum Gasteiger partial charge on any atom is 0.496 e. The van der Waals surface area contributed by atoms with Gasteiger partial charge >= 0.3 is 13.3 Å². The quantitative estimate of drug-likeness (QED) is 0.680. The van der Waals surface area contributed by atoms with Crippen LogP contribution in [0.4, 0.5) is 13.2 Å². The number of benzene rings is 1. The average Bonchev–Trinajstić information content (AvgIpc) is 2.74. The van der Waals surface area contributed by atoms with E-state index in [1.807, 2.05) is 27.7 Å². The number of nitrogens with zero attached hydrogens (tertiary/aromatic N) is 1. The van der Waals surface area contributed by atoms with Crippen LogP contribution in [-0.2, 0) is 15.5 Å². The third kappa shape index (κ3) is 4.00. The Labute approximate surface area is 163 Å². The second-order valence-corrected chi connectivity index (χ2v) is 7.57. The Kier molecular flexibility index (Phi) is 5.73. The summed E-state index contributed by atoms with van der Waals surface area (Å²) in [7, 11) is -0.599. The number of aryl methyl sites for hydroxylation is 1. The van der Waals surface area contributed by atoms with Crippen LogP contribution in [-0.4, -0.2) is 23.3 Å². The molecule has 1 fully saturated rings. The molecule has 1 aromatic heterocycles. The van der Waals surface area contributed by atoms with Crippen molar-refractivity contribution in [2.45, 2.75) is 52.0 Å². The van der Waals surface area contributed by atoms with E-state index >= 15 is 0 Å². The maximum absolute atomic E-state index is 13.3. The van der Waals surface area contributed by atoms with Crippen molar-refractivity contribution in [2.24, 2.45) is 0 Å². The zero-order chi connectivity index (χ0) is 19.3. The third-order valence-corrected chi connectivity index (χ3v) is 5.11. The first-order chi connectivity index (χ1) is 11.9. The van der Waals surface area contributed by atoms with Gasteiger partial charge in [0, 0.05) is 17.2 Å². The van der Waals surface area contributed by atoms with Gasteiger partial charge in [0.25, 0.3) is 0 Å². The molecule has 0 unspecified atom stereocenters. The van der Waals surface area contributed by atoms with Crippen LogP contribution in [0, 0.1) is 6.92 Å². The molecule has 2 aromatic rings. The number of pyridine rings is 1. The van der Waals surface area contributed by atoms with Crippen LogP contribution in [0.3, 0.4) is 0 Å². The standard InChI is InChI=1S/C19H21BF3NO2.ClH/c1-12-10-13(20-25-17(2,3)18(4,5)26-20)11-24-16(12)14-8-6-7-9-15(14)19(21,22)23;/h6-11H,1-5H3;1H. The Morgan fingerprint density at radius 3 is 2.07 bits per heavy atom. The van der Waals surface area contributed by atoms with E-state index < -0.39 is 30.1 Å². The minimum absolute atomic E-state index is 0. The summed E-state index contributed by atoms with van der Waals surface area (Å²) < 4.78 is 51.9. The van der Waals surface area contributed by atoms with Crippen molar-refractivity contribution in [3.05, 3.63) is 47.7 Å². The second-order valence-electron chi connectivity index (χ2n) is 7.57. The molecule has 8 heteroatoms. The van der Waals surface area contributed by atoms with Crippen LogP contribution in [0.15, 0.2) is 36.5 Å². The van der Waals surface area contributed by atoms with E-state index in [1.165, 1.54) is 18.3 Å². The molecule has 0 saturated carbocycles. The van der Waals surface area contributed by atoms with E-state index in [0.717, 1.165) is 6.07 Å². The van der Waals surface area contributed by atoms with Gasteiger partial charge in [-0.05, 0) is 46.2 Å². The van der Waals surface area contributed by atoms with Crippen molar-refractivity contribution < 1.29 is 22.5 Å². The summed E-state index contributed by atoms with van der Waals surface area (Å²) in [6.07, 6.45) is -2.91. The highest BCUT2D eigenvalue weighted by Crippen LogP contribution is 2.38. The smallest absolute Gasteiger partial charge is 0.399 e. The molecule has 27 heavy (non-hydrogen) atoms. The van der Waals surface area contributed by atoms with Gasteiger partial charge in [-0.25, -0.2) is 0 Å². The van der Waals surface area contributed by atoms with E-state index in [-0.39, 0.29) is 18.0 Å². The lowest BCUT2D eigenvalue weighted by atomic mass is 9.79. The first-order valence-electron chi connectivity index (χ1n) is 8.41. The van der Waals surface area contributed by atoms with Gasteiger partial charge in [0.2, 0.25) is 0 Å². The monoisotopic (exact) mass is 399 g/mol. The van der Waals surface area contributed by atoms with Crippen molar-refractivity contribution in [3.63, 3.8) is 0 Å². The zero-order valence-electron chi connectivity index (χ0n) is 15.8.